The molecule has 0 unspecified atom stereocenters. The summed E-state index contributed by atoms with van der Waals surface area (Å²) in [4.78, 5) is 16.5. The number of hydrogen-bond acceptors (Lipinski definition) is 3. The maximum Gasteiger partial charge on any atom is 0.317 e. The molecule has 26 heavy (non-hydrogen) atoms. The molecule has 2 amide bonds. The summed E-state index contributed by atoms with van der Waals surface area (Å²) in [5.41, 5.74) is 1.20. The van der Waals surface area contributed by atoms with Crippen LogP contribution in [0.5, 0.6) is 0 Å². The summed E-state index contributed by atoms with van der Waals surface area (Å²) in [5.74, 6) is 0. The van der Waals surface area contributed by atoms with Gasteiger partial charge in [0.25, 0.3) is 0 Å². The van der Waals surface area contributed by atoms with Crippen molar-refractivity contribution >= 4 is 6.03 Å². The number of ether oxygens (including phenoxy) is 1. The minimum absolute atomic E-state index is 0.0729. The molecule has 0 radical (unpaired) electrons. The molecule has 2 rings (SSSR count). The molecule has 1 N–H and O–H groups in total. The fraction of sp³-hybridized carbons (Fsp3) is 0.667. The lowest BCUT2D eigenvalue weighted by molar-refractivity contribution is 0.00447. The molecule has 5 heteroatoms. The van der Waals surface area contributed by atoms with Crippen molar-refractivity contribution in [2.45, 2.75) is 58.3 Å². The van der Waals surface area contributed by atoms with Crippen LogP contribution in [0.1, 0.15) is 45.1 Å². The van der Waals surface area contributed by atoms with Gasteiger partial charge in [0, 0.05) is 25.7 Å². The predicted molar refractivity (Wildman–Crippen MR) is 106 cm³/mol. The van der Waals surface area contributed by atoms with Crippen molar-refractivity contribution in [1.29, 1.82) is 0 Å². The molecule has 1 heterocycles. The number of carbonyl (C=O) groups is 1. The number of likely N-dealkylation sites (tertiary alicyclic amines) is 1. The average molecular weight is 362 g/mol. The molecule has 0 aromatic heterocycles. The van der Waals surface area contributed by atoms with Crippen LogP contribution in [0.15, 0.2) is 30.3 Å². The highest BCUT2D eigenvalue weighted by atomic mass is 16.5. The molecule has 146 valence electrons. The van der Waals surface area contributed by atoms with E-state index in [1.54, 1.807) is 0 Å². The number of piperidine rings is 1. The van der Waals surface area contributed by atoms with E-state index in [1.165, 1.54) is 5.56 Å². The van der Waals surface area contributed by atoms with E-state index >= 15 is 0 Å². The van der Waals surface area contributed by atoms with Crippen molar-refractivity contribution in [3.8, 4) is 0 Å². The maximum absolute atomic E-state index is 12.3. The Balaban J connectivity index is 1.55. The van der Waals surface area contributed by atoms with E-state index in [0.29, 0.717) is 12.6 Å². The van der Waals surface area contributed by atoms with Crippen molar-refractivity contribution in [3.05, 3.63) is 35.9 Å². The number of carbonyl (C=O) groups excluding carboxylic acids is 1. The second-order valence-electron chi connectivity index (χ2n) is 7.50. The summed E-state index contributed by atoms with van der Waals surface area (Å²) in [6.45, 7) is 8.46. The topological polar surface area (TPSA) is 44.8 Å². The molecule has 0 aliphatic carbocycles. The van der Waals surface area contributed by atoms with E-state index in [4.69, 9.17) is 4.74 Å². The average Bonchev–Trinajstić information content (AvgIpc) is 2.67. The number of rotatable bonds is 9. The van der Waals surface area contributed by atoms with Crippen LogP contribution in [0.4, 0.5) is 4.79 Å². The van der Waals surface area contributed by atoms with Crippen LogP contribution in [0.3, 0.4) is 0 Å². The zero-order valence-corrected chi connectivity index (χ0v) is 16.6. The van der Waals surface area contributed by atoms with Gasteiger partial charge in [-0.05, 0) is 58.7 Å². The first-order valence-electron chi connectivity index (χ1n) is 9.95. The molecule has 5 nitrogen and oxygen atoms in total. The third-order valence-electron chi connectivity index (χ3n) is 5.15. The second kappa shape index (κ2) is 11.2. The Morgan fingerprint density at radius 1 is 1.23 bits per heavy atom. The fourth-order valence-electron chi connectivity index (χ4n) is 3.07. The molecule has 1 aromatic carbocycles. The van der Waals surface area contributed by atoms with E-state index in [9.17, 15) is 4.79 Å². The van der Waals surface area contributed by atoms with Gasteiger partial charge in [-0.15, -0.1) is 0 Å². The Kier molecular flexibility index (Phi) is 8.92. The Labute approximate surface area is 158 Å². The molecular weight excluding hydrogens is 326 g/mol. The van der Waals surface area contributed by atoms with Crippen molar-refractivity contribution in [2.75, 3.05) is 33.2 Å². The number of unbranched alkanes of at least 4 members (excludes halogenated alkanes) is 1. The summed E-state index contributed by atoms with van der Waals surface area (Å²) in [7, 11) is 2.15. The SMILES string of the molecule is CC(C)N(C)CCCCNC(=O)N1CCC(OCc2ccccc2)CC1. The van der Waals surface area contributed by atoms with Gasteiger partial charge in [-0.25, -0.2) is 4.79 Å². The largest absolute Gasteiger partial charge is 0.373 e. The van der Waals surface area contributed by atoms with E-state index in [1.807, 2.05) is 23.1 Å². The van der Waals surface area contributed by atoms with Crippen molar-refractivity contribution in [3.63, 3.8) is 0 Å². The fourth-order valence-corrected chi connectivity index (χ4v) is 3.07. The minimum atomic E-state index is 0.0729. The first kappa shape index (κ1) is 20.7. The predicted octanol–water partition coefficient (Wildman–Crippen LogP) is 3.50. The van der Waals surface area contributed by atoms with Gasteiger partial charge < -0.3 is 19.9 Å². The molecule has 0 saturated carbocycles. The van der Waals surface area contributed by atoms with Crippen LogP contribution in [-0.4, -0.2) is 61.2 Å². The van der Waals surface area contributed by atoms with E-state index < -0.39 is 0 Å². The number of nitrogens with one attached hydrogen (secondary N) is 1. The quantitative estimate of drug-likeness (QED) is 0.685. The lowest BCUT2D eigenvalue weighted by Crippen LogP contribution is -2.46. The Morgan fingerprint density at radius 2 is 1.92 bits per heavy atom. The number of amides is 2. The van der Waals surface area contributed by atoms with Crippen LogP contribution in [0.25, 0.3) is 0 Å². The van der Waals surface area contributed by atoms with E-state index in [-0.39, 0.29) is 12.1 Å². The third-order valence-corrected chi connectivity index (χ3v) is 5.15. The number of nitrogens with zero attached hydrogens (tertiary/aromatic N) is 2. The highest BCUT2D eigenvalue weighted by molar-refractivity contribution is 5.74. The van der Waals surface area contributed by atoms with E-state index in [2.05, 4.69) is 43.2 Å². The van der Waals surface area contributed by atoms with Crippen molar-refractivity contribution in [2.24, 2.45) is 0 Å². The third kappa shape index (κ3) is 7.34. The number of urea groups is 1. The second-order valence-corrected chi connectivity index (χ2v) is 7.50. The van der Waals surface area contributed by atoms with Crippen molar-refractivity contribution in [1.82, 2.24) is 15.1 Å². The Morgan fingerprint density at radius 3 is 2.58 bits per heavy atom. The normalized spacial score (nSPS) is 15.7. The molecule has 1 aliphatic heterocycles. The van der Waals surface area contributed by atoms with Gasteiger partial charge in [0.05, 0.1) is 12.7 Å². The van der Waals surface area contributed by atoms with Crippen LogP contribution >= 0.6 is 0 Å². The monoisotopic (exact) mass is 361 g/mol. The lowest BCUT2D eigenvalue weighted by Gasteiger charge is -2.32. The van der Waals surface area contributed by atoms with Gasteiger partial charge in [0.2, 0.25) is 0 Å². The van der Waals surface area contributed by atoms with Crippen LogP contribution < -0.4 is 5.32 Å². The summed E-state index contributed by atoms with van der Waals surface area (Å²) in [6, 6.07) is 10.9. The highest BCUT2D eigenvalue weighted by Gasteiger charge is 2.22. The molecule has 1 saturated heterocycles. The molecular formula is C21H35N3O2. The summed E-state index contributed by atoms with van der Waals surface area (Å²) >= 11 is 0. The molecule has 0 spiro atoms. The first-order chi connectivity index (χ1) is 12.6. The maximum atomic E-state index is 12.3. The zero-order valence-electron chi connectivity index (χ0n) is 16.6. The highest BCUT2D eigenvalue weighted by Crippen LogP contribution is 2.15. The number of benzene rings is 1. The standard InChI is InChI=1S/C21H35N3O2/c1-18(2)23(3)14-8-7-13-22-21(25)24-15-11-20(12-16-24)26-17-19-9-5-4-6-10-19/h4-6,9-10,18,20H,7-8,11-17H2,1-3H3,(H,22,25). The summed E-state index contributed by atoms with van der Waals surface area (Å²) in [6.07, 6.45) is 4.23. The number of hydrogen-bond donors (Lipinski definition) is 1. The molecule has 0 atom stereocenters. The molecule has 1 aromatic rings. The van der Waals surface area contributed by atoms with Crippen LogP contribution in [0.2, 0.25) is 0 Å². The van der Waals surface area contributed by atoms with Gasteiger partial charge in [0.1, 0.15) is 0 Å². The summed E-state index contributed by atoms with van der Waals surface area (Å²) in [5, 5.41) is 3.06. The van der Waals surface area contributed by atoms with Crippen molar-refractivity contribution < 1.29 is 9.53 Å². The van der Waals surface area contributed by atoms with Gasteiger partial charge in [-0.3, -0.25) is 0 Å². The molecule has 1 aliphatic rings. The van der Waals surface area contributed by atoms with Crippen LogP contribution in [0, 0.1) is 0 Å². The molecule has 1 fully saturated rings. The van der Waals surface area contributed by atoms with Gasteiger partial charge in [-0.1, -0.05) is 30.3 Å². The minimum Gasteiger partial charge on any atom is -0.373 e. The lowest BCUT2D eigenvalue weighted by atomic mass is 10.1. The van der Waals surface area contributed by atoms with Gasteiger partial charge in [-0.2, -0.15) is 0 Å². The van der Waals surface area contributed by atoms with E-state index in [0.717, 1.165) is 51.9 Å². The zero-order chi connectivity index (χ0) is 18.8. The first-order valence-corrected chi connectivity index (χ1v) is 9.95. The molecule has 0 bridgehead atoms. The Hall–Kier alpha value is -1.59. The smallest absolute Gasteiger partial charge is 0.317 e. The van der Waals surface area contributed by atoms with Gasteiger partial charge in [0.15, 0.2) is 0 Å². The summed E-state index contributed by atoms with van der Waals surface area (Å²) < 4.78 is 5.99. The van der Waals surface area contributed by atoms with Crippen LogP contribution in [-0.2, 0) is 11.3 Å². The van der Waals surface area contributed by atoms with Gasteiger partial charge >= 0.3 is 6.03 Å². The Bertz CT molecular complexity index is 513.